The van der Waals surface area contributed by atoms with Gasteiger partial charge in [-0.25, -0.2) is 0 Å². The van der Waals surface area contributed by atoms with E-state index >= 15 is 0 Å². The van der Waals surface area contributed by atoms with E-state index in [4.69, 9.17) is 8.85 Å². The van der Waals surface area contributed by atoms with Crippen LogP contribution >= 0.6 is 0 Å². The van der Waals surface area contributed by atoms with Gasteiger partial charge in [-0.15, -0.1) is 0 Å². The highest BCUT2D eigenvalue weighted by atomic mass is 28.4. The molecule has 0 aromatic carbocycles. The van der Waals surface area contributed by atoms with Crippen molar-refractivity contribution in [1.82, 2.24) is 0 Å². The summed E-state index contributed by atoms with van der Waals surface area (Å²) in [5, 5.41) is 0.146. The average molecular weight is 287 g/mol. The molecule has 2 atom stereocenters. The molecule has 1 aliphatic rings. The van der Waals surface area contributed by atoms with Crippen LogP contribution in [-0.2, 0) is 8.85 Å². The van der Waals surface area contributed by atoms with Gasteiger partial charge in [-0.2, -0.15) is 0 Å². The van der Waals surface area contributed by atoms with E-state index in [1.54, 1.807) is 0 Å². The lowest BCUT2D eigenvalue weighted by molar-refractivity contribution is -0.0599. The zero-order valence-electron chi connectivity index (χ0n) is 14.7. The molecule has 3 heteroatoms. The fourth-order valence-electron chi connectivity index (χ4n) is 3.27. The monoisotopic (exact) mass is 286 g/mol. The molecule has 0 unspecified atom stereocenters. The molecule has 0 amide bonds. The van der Waals surface area contributed by atoms with E-state index in [1.807, 2.05) is 0 Å². The van der Waals surface area contributed by atoms with Crippen molar-refractivity contribution >= 4 is 8.56 Å². The van der Waals surface area contributed by atoms with Gasteiger partial charge < -0.3 is 8.85 Å². The van der Waals surface area contributed by atoms with Gasteiger partial charge in [-0.05, 0) is 18.8 Å². The molecule has 1 rings (SSSR count). The van der Waals surface area contributed by atoms with Gasteiger partial charge >= 0.3 is 8.56 Å². The minimum absolute atomic E-state index is 0.0728. The lowest BCUT2D eigenvalue weighted by Crippen LogP contribution is -2.64. The van der Waals surface area contributed by atoms with E-state index in [0.717, 1.165) is 6.42 Å². The number of hydrogen-bond donors (Lipinski definition) is 0. The quantitative estimate of drug-likeness (QED) is 0.565. The Morgan fingerprint density at radius 1 is 0.789 bits per heavy atom. The Labute approximate surface area is 121 Å². The Balaban J connectivity index is 3.25. The Bertz CT molecular complexity index is 303. The Morgan fingerprint density at radius 3 is 1.53 bits per heavy atom. The van der Waals surface area contributed by atoms with Crippen LogP contribution in [0.4, 0.5) is 0 Å². The third-order valence-corrected chi connectivity index (χ3v) is 9.46. The smallest absolute Gasteiger partial charge is 0.349 e. The van der Waals surface area contributed by atoms with Gasteiger partial charge in [0.2, 0.25) is 0 Å². The molecule has 0 aromatic heterocycles. The predicted molar refractivity (Wildman–Crippen MR) is 84.7 cm³/mol. The van der Waals surface area contributed by atoms with Gasteiger partial charge in [-0.3, -0.25) is 0 Å². The van der Waals surface area contributed by atoms with Crippen LogP contribution in [0.1, 0.15) is 75.7 Å². The van der Waals surface area contributed by atoms with Crippen LogP contribution in [0.3, 0.4) is 0 Å². The Hall–Kier alpha value is 0.137. The van der Waals surface area contributed by atoms with Gasteiger partial charge in [0.15, 0.2) is 0 Å². The lowest BCUT2D eigenvalue weighted by atomic mass is 9.86. The standard InChI is InChI=1S/C16H34O2Si/c1-12-11-13(14(2,3)4)18-19(17-12,15(5,6)7)16(8,9)10/h12-13H,11H2,1-10H3/t12-,13+/m1/s1. The first-order chi connectivity index (χ1) is 8.21. The Morgan fingerprint density at radius 2 is 1.21 bits per heavy atom. The van der Waals surface area contributed by atoms with Gasteiger partial charge in [0.05, 0.1) is 6.10 Å². The molecular formula is C16H34O2Si. The minimum Gasteiger partial charge on any atom is -0.391 e. The third-order valence-electron chi connectivity index (χ3n) is 4.16. The molecule has 0 aliphatic carbocycles. The topological polar surface area (TPSA) is 18.5 Å². The normalized spacial score (nSPS) is 29.4. The van der Waals surface area contributed by atoms with E-state index in [9.17, 15) is 0 Å². The maximum Gasteiger partial charge on any atom is 0.349 e. The number of rotatable bonds is 0. The molecular weight excluding hydrogens is 252 g/mol. The molecule has 0 bridgehead atoms. The molecule has 0 saturated carbocycles. The minimum atomic E-state index is -2.32. The first kappa shape index (κ1) is 17.2. The molecule has 1 saturated heterocycles. The molecule has 2 nitrogen and oxygen atoms in total. The van der Waals surface area contributed by atoms with Crippen molar-refractivity contribution in [2.24, 2.45) is 5.41 Å². The van der Waals surface area contributed by atoms with Crippen LogP contribution in [0.5, 0.6) is 0 Å². The van der Waals surface area contributed by atoms with Crippen molar-refractivity contribution in [2.75, 3.05) is 0 Å². The van der Waals surface area contributed by atoms with E-state index in [2.05, 4.69) is 69.2 Å². The maximum absolute atomic E-state index is 6.75. The summed E-state index contributed by atoms with van der Waals surface area (Å²) in [5.41, 5.74) is 0.173. The highest BCUT2D eigenvalue weighted by Gasteiger charge is 2.62. The number of hydrogen-bond acceptors (Lipinski definition) is 2. The summed E-state index contributed by atoms with van der Waals surface area (Å²) in [6, 6.07) is 0. The summed E-state index contributed by atoms with van der Waals surface area (Å²) in [6.07, 6.45) is 1.59. The van der Waals surface area contributed by atoms with Crippen LogP contribution in [0, 0.1) is 5.41 Å². The summed E-state index contributed by atoms with van der Waals surface area (Å²) < 4.78 is 13.3. The van der Waals surface area contributed by atoms with Gasteiger partial charge in [0, 0.05) is 16.2 Å². The highest BCUT2D eigenvalue weighted by Crippen LogP contribution is 2.56. The zero-order chi connectivity index (χ0) is 15.3. The van der Waals surface area contributed by atoms with E-state index < -0.39 is 8.56 Å². The van der Waals surface area contributed by atoms with Crippen LogP contribution < -0.4 is 0 Å². The molecule has 19 heavy (non-hydrogen) atoms. The van der Waals surface area contributed by atoms with Crippen molar-refractivity contribution in [1.29, 1.82) is 0 Å². The van der Waals surface area contributed by atoms with E-state index in [1.165, 1.54) is 0 Å². The fraction of sp³-hybridized carbons (Fsp3) is 1.00. The van der Waals surface area contributed by atoms with E-state index in [-0.39, 0.29) is 15.5 Å². The summed E-state index contributed by atoms with van der Waals surface area (Å²) in [7, 11) is -2.32. The SMILES string of the molecule is C[C@@H]1C[C@@H](C(C)(C)C)O[Si](C(C)(C)C)(C(C)(C)C)O1. The molecule has 0 radical (unpaired) electrons. The Kier molecular flexibility index (Phi) is 4.39. The van der Waals surface area contributed by atoms with Crippen LogP contribution in [0.15, 0.2) is 0 Å². The average Bonchev–Trinajstić information content (AvgIpc) is 2.11. The molecule has 1 aliphatic heterocycles. The second-order valence-electron chi connectivity index (χ2n) is 9.25. The highest BCUT2D eigenvalue weighted by molar-refractivity contribution is 6.73. The zero-order valence-corrected chi connectivity index (χ0v) is 15.7. The summed E-state index contributed by atoms with van der Waals surface area (Å²) >= 11 is 0. The third kappa shape index (κ3) is 3.25. The second-order valence-corrected chi connectivity index (χ2v) is 14.0. The van der Waals surface area contributed by atoms with Crippen molar-refractivity contribution in [3.8, 4) is 0 Å². The second kappa shape index (κ2) is 4.85. The molecule has 0 spiro atoms. The van der Waals surface area contributed by atoms with Crippen LogP contribution in [0.25, 0.3) is 0 Å². The fourth-order valence-corrected chi connectivity index (χ4v) is 8.50. The summed E-state index contributed by atoms with van der Waals surface area (Å²) in [6.45, 7) is 22.7. The predicted octanol–water partition coefficient (Wildman–Crippen LogP) is 5.27. The van der Waals surface area contributed by atoms with Crippen molar-refractivity contribution in [2.45, 2.75) is 97.9 Å². The molecule has 1 fully saturated rings. The maximum atomic E-state index is 6.75. The lowest BCUT2D eigenvalue weighted by Gasteiger charge is -2.56. The van der Waals surface area contributed by atoms with Crippen LogP contribution in [-0.4, -0.2) is 20.8 Å². The first-order valence-corrected chi connectivity index (χ1v) is 9.38. The van der Waals surface area contributed by atoms with Gasteiger partial charge in [0.25, 0.3) is 0 Å². The van der Waals surface area contributed by atoms with Crippen molar-refractivity contribution in [3.63, 3.8) is 0 Å². The van der Waals surface area contributed by atoms with Crippen LogP contribution in [0.2, 0.25) is 10.1 Å². The van der Waals surface area contributed by atoms with Crippen molar-refractivity contribution in [3.05, 3.63) is 0 Å². The molecule has 0 aromatic rings. The van der Waals surface area contributed by atoms with Gasteiger partial charge in [0.1, 0.15) is 0 Å². The van der Waals surface area contributed by atoms with Gasteiger partial charge in [-0.1, -0.05) is 62.3 Å². The largest absolute Gasteiger partial charge is 0.391 e. The summed E-state index contributed by atoms with van der Waals surface area (Å²) in [5.74, 6) is 0. The van der Waals surface area contributed by atoms with E-state index in [0.29, 0.717) is 12.2 Å². The summed E-state index contributed by atoms with van der Waals surface area (Å²) in [4.78, 5) is 0. The first-order valence-electron chi connectivity index (χ1n) is 7.56. The molecule has 0 N–H and O–H groups in total. The molecule has 1 heterocycles. The van der Waals surface area contributed by atoms with Crippen molar-refractivity contribution < 1.29 is 8.85 Å². The molecule has 114 valence electrons.